The van der Waals surface area contributed by atoms with E-state index in [1.54, 1.807) is 35.2 Å². The van der Waals surface area contributed by atoms with Crippen LogP contribution in [0.2, 0.25) is 0 Å². The summed E-state index contributed by atoms with van der Waals surface area (Å²) in [5.41, 5.74) is 0. The second kappa shape index (κ2) is 11.1. The molecule has 3 fully saturated rings. The van der Waals surface area contributed by atoms with E-state index in [9.17, 15) is 10.2 Å². The fourth-order valence-electron chi connectivity index (χ4n) is 4.62. The van der Waals surface area contributed by atoms with Crippen LogP contribution in [0.3, 0.4) is 0 Å². The topological polar surface area (TPSA) is 114 Å². The van der Waals surface area contributed by atoms with Crippen LogP contribution in [0.5, 0.6) is 0 Å². The van der Waals surface area contributed by atoms with E-state index in [0.717, 1.165) is 0 Å². The highest BCUT2D eigenvalue weighted by atomic mass is 16.7. The quantitative estimate of drug-likeness (QED) is 0.608. The molecule has 181 valence electrons. The molecule has 0 saturated carbocycles. The maximum Gasteiger partial charge on any atom is 0.194 e. The Morgan fingerprint density at radius 1 is 0.677 bits per heavy atom. The van der Waals surface area contributed by atoms with Gasteiger partial charge in [-0.1, -0.05) is 0 Å². The van der Waals surface area contributed by atoms with E-state index in [2.05, 4.69) is 0 Å². The van der Waals surface area contributed by atoms with Crippen LogP contribution in [-0.4, -0.2) is 100 Å². The molecular weight excluding hydrogens is 412 g/mol. The fraction of sp³-hybridized carbons (Fsp3) is 1.00. The monoisotopic (exact) mass is 449 g/mol. The van der Waals surface area contributed by atoms with Gasteiger partial charge < -0.3 is 43.0 Å². The summed E-state index contributed by atoms with van der Waals surface area (Å²) in [4.78, 5) is 0. The van der Waals surface area contributed by atoms with Crippen LogP contribution in [0.15, 0.2) is 0 Å². The molecule has 1 unspecified atom stereocenters. The molecular formula is C21H37O10. The van der Waals surface area contributed by atoms with Crippen molar-refractivity contribution in [3.63, 3.8) is 0 Å². The number of aliphatic hydroxyl groups excluding tert-OH is 1. The zero-order valence-electron chi connectivity index (χ0n) is 19.2. The first-order valence-electron chi connectivity index (χ1n) is 11.0. The van der Waals surface area contributed by atoms with Crippen LogP contribution in [0.1, 0.15) is 40.0 Å². The lowest BCUT2D eigenvalue weighted by Gasteiger charge is -2.45. The smallest absolute Gasteiger partial charge is 0.194 e. The summed E-state index contributed by atoms with van der Waals surface area (Å²) < 4.78 is 46.2. The molecule has 1 N–H and O–H groups in total. The summed E-state index contributed by atoms with van der Waals surface area (Å²) in [5.74, 6) is 0. The fourth-order valence-corrected chi connectivity index (χ4v) is 4.62. The highest BCUT2D eigenvalue weighted by Gasteiger charge is 2.45. The van der Waals surface area contributed by atoms with Gasteiger partial charge in [0.15, 0.2) is 18.9 Å². The van der Waals surface area contributed by atoms with Crippen molar-refractivity contribution >= 4 is 0 Å². The second-order valence-corrected chi connectivity index (χ2v) is 8.53. The van der Waals surface area contributed by atoms with Crippen molar-refractivity contribution in [2.24, 2.45) is 0 Å². The maximum atomic E-state index is 11.8. The number of hydrogen-bond donors (Lipinski definition) is 1. The van der Waals surface area contributed by atoms with Crippen LogP contribution in [0, 0.1) is 0 Å². The first-order valence-corrected chi connectivity index (χ1v) is 11.0. The molecule has 0 bridgehead atoms. The lowest BCUT2D eigenvalue weighted by molar-refractivity contribution is -0.337. The van der Waals surface area contributed by atoms with Crippen molar-refractivity contribution in [1.82, 2.24) is 0 Å². The number of rotatable bonds is 7. The highest BCUT2D eigenvalue weighted by molar-refractivity contribution is 4.88. The Labute approximate surface area is 184 Å². The first kappa shape index (κ1) is 25.2. The molecule has 12 atom stereocenters. The van der Waals surface area contributed by atoms with Crippen LogP contribution in [-0.2, 0) is 43.0 Å². The van der Waals surface area contributed by atoms with Crippen LogP contribution in [0.25, 0.3) is 0 Å². The standard InChI is InChI=1S/C21H37O10/c1-10-19(23)13(24-4)8-17(28-10)30-21-12(3)29-18(9-15(21)26-6)31-20-11(2)27-16(22)7-14(20)25-5/h10-21,23H,7-9H2,1-6H3/t10-,11-,12+,13+,14+,15+,16?,17+,18+,19-,20-,21-/m1/s1. The van der Waals surface area contributed by atoms with Gasteiger partial charge in [-0.15, -0.1) is 0 Å². The molecule has 3 saturated heterocycles. The molecule has 31 heavy (non-hydrogen) atoms. The van der Waals surface area contributed by atoms with Crippen molar-refractivity contribution in [2.75, 3.05) is 21.3 Å². The Morgan fingerprint density at radius 2 is 1.13 bits per heavy atom. The van der Waals surface area contributed by atoms with Gasteiger partial charge in [0.05, 0.1) is 36.6 Å². The number of hydrogen-bond acceptors (Lipinski definition) is 9. The molecule has 3 aliphatic heterocycles. The third-order valence-corrected chi connectivity index (χ3v) is 6.42. The average Bonchev–Trinajstić information content (AvgIpc) is 2.73. The van der Waals surface area contributed by atoms with Crippen LogP contribution < -0.4 is 0 Å². The van der Waals surface area contributed by atoms with E-state index in [1.807, 2.05) is 6.92 Å². The van der Waals surface area contributed by atoms with Gasteiger partial charge in [-0.25, -0.2) is 5.11 Å². The molecule has 0 aromatic carbocycles. The van der Waals surface area contributed by atoms with Gasteiger partial charge in [-0.05, 0) is 20.8 Å². The number of ether oxygens (including phenoxy) is 8. The number of aliphatic hydroxyl groups is 1. The summed E-state index contributed by atoms with van der Waals surface area (Å²) in [5, 5.41) is 21.9. The van der Waals surface area contributed by atoms with Gasteiger partial charge >= 0.3 is 0 Å². The van der Waals surface area contributed by atoms with Crippen LogP contribution in [0.4, 0.5) is 0 Å². The lowest BCUT2D eigenvalue weighted by Crippen LogP contribution is -2.56. The summed E-state index contributed by atoms with van der Waals surface area (Å²) in [6.45, 7) is 5.48. The van der Waals surface area contributed by atoms with E-state index in [4.69, 9.17) is 37.9 Å². The third kappa shape index (κ3) is 5.94. The van der Waals surface area contributed by atoms with E-state index in [1.165, 1.54) is 0 Å². The van der Waals surface area contributed by atoms with Crippen molar-refractivity contribution in [3.05, 3.63) is 0 Å². The van der Waals surface area contributed by atoms with Crippen LogP contribution >= 0.6 is 0 Å². The molecule has 3 heterocycles. The average molecular weight is 450 g/mol. The summed E-state index contributed by atoms with van der Waals surface area (Å²) >= 11 is 0. The molecule has 0 spiro atoms. The van der Waals surface area contributed by atoms with E-state index in [0.29, 0.717) is 12.8 Å². The molecule has 0 aliphatic carbocycles. The molecule has 10 nitrogen and oxygen atoms in total. The first-order chi connectivity index (χ1) is 14.8. The van der Waals surface area contributed by atoms with E-state index in [-0.39, 0.29) is 36.9 Å². The van der Waals surface area contributed by atoms with Crippen molar-refractivity contribution in [2.45, 2.75) is 114 Å². The molecule has 3 rings (SSSR count). The van der Waals surface area contributed by atoms with Gasteiger partial charge in [0.25, 0.3) is 0 Å². The van der Waals surface area contributed by atoms with Crippen molar-refractivity contribution in [1.29, 1.82) is 0 Å². The predicted octanol–water partition coefficient (Wildman–Crippen LogP) is 0.998. The Balaban J connectivity index is 1.60. The zero-order chi connectivity index (χ0) is 22.7. The molecule has 3 aliphatic rings. The highest BCUT2D eigenvalue weighted by Crippen LogP contribution is 2.33. The third-order valence-electron chi connectivity index (χ3n) is 6.42. The van der Waals surface area contributed by atoms with Crippen molar-refractivity contribution in [3.8, 4) is 0 Å². The normalized spacial score (nSPS) is 49.2. The molecule has 10 heteroatoms. The SMILES string of the molecule is CO[C@H]1C[C@H](O[C@@H]2[C@H](C)O[C@@H](O[C@H]3[C@@H](OC)CC([O])O[C@@H]3C)C[C@@H]2OC)O[C@H](C)[C@H]1O. The Hall–Kier alpha value is -0.400. The maximum absolute atomic E-state index is 11.8. The predicted molar refractivity (Wildman–Crippen MR) is 106 cm³/mol. The molecule has 0 aromatic heterocycles. The van der Waals surface area contributed by atoms with E-state index < -0.39 is 43.3 Å². The number of methoxy groups -OCH3 is 3. The Morgan fingerprint density at radius 3 is 1.68 bits per heavy atom. The molecule has 0 amide bonds. The molecule has 0 aromatic rings. The largest absolute Gasteiger partial charge is 0.388 e. The van der Waals surface area contributed by atoms with Crippen molar-refractivity contribution < 1.29 is 48.1 Å². The minimum Gasteiger partial charge on any atom is -0.388 e. The minimum atomic E-state index is -1.12. The Kier molecular flexibility index (Phi) is 9.07. The minimum absolute atomic E-state index is 0.219. The van der Waals surface area contributed by atoms with Gasteiger partial charge in [-0.2, -0.15) is 0 Å². The van der Waals surface area contributed by atoms with Gasteiger partial charge in [-0.3, -0.25) is 0 Å². The summed E-state index contributed by atoms with van der Waals surface area (Å²) in [6.07, 6.45) is -4.88. The van der Waals surface area contributed by atoms with Gasteiger partial charge in [0, 0.05) is 40.6 Å². The van der Waals surface area contributed by atoms with Gasteiger partial charge in [0.2, 0.25) is 0 Å². The zero-order valence-corrected chi connectivity index (χ0v) is 19.2. The molecule has 1 radical (unpaired) electrons. The summed E-state index contributed by atoms with van der Waals surface area (Å²) in [6, 6.07) is 0. The Bertz CT molecular complexity index is 550. The second-order valence-electron chi connectivity index (χ2n) is 8.53. The van der Waals surface area contributed by atoms with E-state index >= 15 is 0 Å². The summed E-state index contributed by atoms with van der Waals surface area (Å²) in [7, 11) is 4.75. The lowest BCUT2D eigenvalue weighted by atomic mass is 9.99. The van der Waals surface area contributed by atoms with Gasteiger partial charge in [0.1, 0.15) is 18.3 Å².